The molecule has 0 aromatic heterocycles. The third-order valence-corrected chi connectivity index (χ3v) is 6.20. The second-order valence-electron chi connectivity index (χ2n) is 7.64. The van der Waals surface area contributed by atoms with Crippen molar-refractivity contribution in [1.82, 2.24) is 0 Å². The van der Waals surface area contributed by atoms with Gasteiger partial charge in [0.15, 0.2) is 11.5 Å². The predicted octanol–water partition coefficient (Wildman–Crippen LogP) is 7.32. The zero-order valence-corrected chi connectivity index (χ0v) is 16.9. The molecule has 0 unspecified atom stereocenters. The fourth-order valence-electron chi connectivity index (χ4n) is 4.95. The molecule has 6 rings (SSSR count). The van der Waals surface area contributed by atoms with E-state index in [4.69, 9.17) is 9.47 Å². The molecular weight excluding hydrogens is 368 g/mol. The van der Waals surface area contributed by atoms with E-state index in [2.05, 4.69) is 84.9 Å². The maximum absolute atomic E-state index is 5.66. The maximum Gasteiger partial charge on any atom is 0.161 e. The highest BCUT2D eigenvalue weighted by Crippen LogP contribution is 2.56. The molecular formula is C28H20O2. The standard InChI is InChI=1S/C28H20O2/c1-29-24-15-22-21-14-8-13-20-18-11-6-7-12-19(18)26(17-9-4-3-5-10-17)28(27(20)21)23(22)16-25(24)30-2/h3-16H,1-2H3. The number of ether oxygens (including phenoxy) is 2. The van der Waals surface area contributed by atoms with Gasteiger partial charge in [-0.2, -0.15) is 0 Å². The van der Waals surface area contributed by atoms with Crippen molar-refractivity contribution in [2.45, 2.75) is 0 Å². The lowest BCUT2D eigenvalue weighted by Crippen LogP contribution is -1.92. The number of hydrogen-bond donors (Lipinski definition) is 0. The van der Waals surface area contributed by atoms with Crippen molar-refractivity contribution >= 4 is 21.5 Å². The molecule has 2 heteroatoms. The van der Waals surface area contributed by atoms with Gasteiger partial charge in [-0.05, 0) is 67.1 Å². The third kappa shape index (κ3) is 2.19. The van der Waals surface area contributed by atoms with Crippen LogP contribution in [-0.2, 0) is 0 Å². The summed E-state index contributed by atoms with van der Waals surface area (Å²) < 4.78 is 11.3. The SMILES string of the molecule is COc1cc2c(cc1OC)-c1c(-c3ccccc3)c3ccccc3c3cccc-2c13. The van der Waals surface area contributed by atoms with Crippen LogP contribution in [0.1, 0.15) is 0 Å². The van der Waals surface area contributed by atoms with E-state index in [9.17, 15) is 0 Å². The first-order chi connectivity index (χ1) is 14.8. The molecule has 5 aromatic carbocycles. The highest BCUT2D eigenvalue weighted by molar-refractivity contribution is 6.29. The Bertz CT molecular complexity index is 1450. The molecule has 0 radical (unpaired) electrons. The Morgan fingerprint density at radius 1 is 0.500 bits per heavy atom. The number of benzene rings is 5. The van der Waals surface area contributed by atoms with E-state index in [1.165, 1.54) is 54.9 Å². The van der Waals surface area contributed by atoms with E-state index in [1.807, 2.05) is 0 Å². The largest absolute Gasteiger partial charge is 0.493 e. The number of fused-ring (bicyclic) bond motifs is 5. The van der Waals surface area contributed by atoms with Gasteiger partial charge >= 0.3 is 0 Å². The van der Waals surface area contributed by atoms with Crippen LogP contribution < -0.4 is 9.47 Å². The molecule has 5 aromatic rings. The smallest absolute Gasteiger partial charge is 0.161 e. The van der Waals surface area contributed by atoms with Crippen LogP contribution in [0.4, 0.5) is 0 Å². The highest BCUT2D eigenvalue weighted by Gasteiger charge is 2.28. The van der Waals surface area contributed by atoms with Crippen molar-refractivity contribution in [3.63, 3.8) is 0 Å². The van der Waals surface area contributed by atoms with Gasteiger partial charge < -0.3 is 9.47 Å². The van der Waals surface area contributed by atoms with E-state index in [0.717, 1.165) is 11.5 Å². The molecule has 0 aliphatic heterocycles. The Hall–Kier alpha value is -3.78. The summed E-state index contributed by atoms with van der Waals surface area (Å²) in [4.78, 5) is 0. The first kappa shape index (κ1) is 17.1. The Labute approximate surface area is 175 Å². The van der Waals surface area contributed by atoms with Gasteiger partial charge in [-0.15, -0.1) is 0 Å². The van der Waals surface area contributed by atoms with E-state index < -0.39 is 0 Å². The minimum atomic E-state index is 0.754. The number of methoxy groups -OCH3 is 2. The lowest BCUT2D eigenvalue weighted by Gasteiger charge is -2.16. The van der Waals surface area contributed by atoms with E-state index in [1.54, 1.807) is 14.2 Å². The van der Waals surface area contributed by atoms with Gasteiger partial charge in [0.2, 0.25) is 0 Å². The monoisotopic (exact) mass is 388 g/mol. The fourth-order valence-corrected chi connectivity index (χ4v) is 4.95. The molecule has 1 aliphatic rings. The van der Waals surface area contributed by atoms with Crippen LogP contribution in [0.15, 0.2) is 84.9 Å². The Kier molecular flexibility index (Phi) is 3.63. The Morgan fingerprint density at radius 2 is 1.13 bits per heavy atom. The normalized spacial score (nSPS) is 11.7. The Morgan fingerprint density at radius 3 is 1.87 bits per heavy atom. The molecule has 0 heterocycles. The van der Waals surface area contributed by atoms with Gasteiger partial charge in [0, 0.05) is 0 Å². The zero-order valence-electron chi connectivity index (χ0n) is 16.9. The van der Waals surface area contributed by atoms with E-state index >= 15 is 0 Å². The third-order valence-electron chi connectivity index (χ3n) is 6.20. The van der Waals surface area contributed by atoms with E-state index in [-0.39, 0.29) is 0 Å². The van der Waals surface area contributed by atoms with Gasteiger partial charge in [0.05, 0.1) is 14.2 Å². The van der Waals surface area contributed by atoms with Crippen LogP contribution in [0, 0.1) is 0 Å². The summed E-state index contributed by atoms with van der Waals surface area (Å²) in [5, 5.41) is 5.14. The predicted molar refractivity (Wildman–Crippen MR) is 124 cm³/mol. The first-order valence-electron chi connectivity index (χ1n) is 10.1. The molecule has 0 saturated carbocycles. The van der Waals surface area contributed by atoms with Crippen LogP contribution in [0.5, 0.6) is 11.5 Å². The maximum atomic E-state index is 5.66. The topological polar surface area (TPSA) is 18.5 Å². The molecule has 0 atom stereocenters. The molecule has 0 saturated heterocycles. The second-order valence-corrected chi connectivity index (χ2v) is 7.64. The van der Waals surface area contributed by atoms with Crippen molar-refractivity contribution in [3.05, 3.63) is 84.9 Å². The van der Waals surface area contributed by atoms with Gasteiger partial charge in [-0.1, -0.05) is 72.8 Å². The molecule has 2 nitrogen and oxygen atoms in total. The van der Waals surface area contributed by atoms with Crippen molar-refractivity contribution in [2.75, 3.05) is 14.2 Å². The minimum absolute atomic E-state index is 0.754. The number of hydrogen-bond acceptors (Lipinski definition) is 2. The lowest BCUT2D eigenvalue weighted by atomic mass is 9.87. The molecule has 0 bridgehead atoms. The second kappa shape index (κ2) is 6.36. The summed E-state index contributed by atoms with van der Waals surface area (Å²) in [6, 6.07) is 30.3. The minimum Gasteiger partial charge on any atom is -0.493 e. The van der Waals surface area contributed by atoms with Crippen LogP contribution >= 0.6 is 0 Å². The average Bonchev–Trinajstić information content (AvgIpc) is 3.13. The molecule has 0 spiro atoms. The van der Waals surface area contributed by atoms with Gasteiger partial charge in [-0.25, -0.2) is 0 Å². The number of rotatable bonds is 3. The molecule has 144 valence electrons. The van der Waals surface area contributed by atoms with Gasteiger partial charge in [-0.3, -0.25) is 0 Å². The summed E-state index contributed by atoms with van der Waals surface area (Å²) in [5.74, 6) is 1.51. The van der Waals surface area contributed by atoms with Gasteiger partial charge in [0.25, 0.3) is 0 Å². The van der Waals surface area contributed by atoms with Crippen molar-refractivity contribution in [1.29, 1.82) is 0 Å². The quantitative estimate of drug-likeness (QED) is 0.296. The van der Waals surface area contributed by atoms with Gasteiger partial charge in [0.1, 0.15) is 0 Å². The van der Waals surface area contributed by atoms with Crippen LogP contribution in [0.3, 0.4) is 0 Å². The Balaban J connectivity index is 1.87. The molecule has 1 aliphatic carbocycles. The summed E-state index contributed by atoms with van der Waals surface area (Å²) in [7, 11) is 3.39. The van der Waals surface area contributed by atoms with Crippen molar-refractivity contribution in [2.24, 2.45) is 0 Å². The first-order valence-corrected chi connectivity index (χ1v) is 10.1. The lowest BCUT2D eigenvalue weighted by molar-refractivity contribution is 0.355. The molecule has 30 heavy (non-hydrogen) atoms. The van der Waals surface area contributed by atoms with Crippen LogP contribution in [0.25, 0.3) is 54.9 Å². The highest BCUT2D eigenvalue weighted by atomic mass is 16.5. The fraction of sp³-hybridized carbons (Fsp3) is 0.0714. The molecule has 0 amide bonds. The molecule has 0 N–H and O–H groups in total. The molecule has 0 fully saturated rings. The van der Waals surface area contributed by atoms with Crippen molar-refractivity contribution < 1.29 is 9.47 Å². The zero-order chi connectivity index (χ0) is 20.2. The van der Waals surface area contributed by atoms with Crippen LogP contribution in [-0.4, -0.2) is 14.2 Å². The average molecular weight is 388 g/mol. The summed E-state index contributed by atoms with van der Waals surface area (Å²) in [5.41, 5.74) is 7.42. The van der Waals surface area contributed by atoms with E-state index in [0.29, 0.717) is 0 Å². The van der Waals surface area contributed by atoms with Crippen LogP contribution in [0.2, 0.25) is 0 Å². The summed E-state index contributed by atoms with van der Waals surface area (Å²) in [6.45, 7) is 0. The summed E-state index contributed by atoms with van der Waals surface area (Å²) >= 11 is 0. The van der Waals surface area contributed by atoms with Crippen molar-refractivity contribution in [3.8, 4) is 44.9 Å². The summed E-state index contributed by atoms with van der Waals surface area (Å²) in [6.07, 6.45) is 0.